The van der Waals surface area contributed by atoms with Crippen LogP contribution in [0.5, 0.6) is 5.75 Å². The number of amides is 1. The molecule has 0 aliphatic heterocycles. The van der Waals surface area contributed by atoms with Crippen molar-refractivity contribution in [3.63, 3.8) is 0 Å². The predicted molar refractivity (Wildman–Crippen MR) is 76.2 cm³/mol. The molecule has 1 aromatic heterocycles. The molecule has 0 bridgehead atoms. The molecule has 0 radical (unpaired) electrons. The highest BCUT2D eigenvalue weighted by Gasteiger charge is 2.10. The van der Waals surface area contributed by atoms with Gasteiger partial charge in [-0.05, 0) is 12.1 Å². The van der Waals surface area contributed by atoms with Crippen LogP contribution in [0.4, 0.5) is 0 Å². The predicted octanol–water partition coefficient (Wildman–Crippen LogP) is -0.105. The maximum Gasteiger partial charge on any atom is 0.292 e. The van der Waals surface area contributed by atoms with Crippen molar-refractivity contribution in [1.29, 1.82) is 0 Å². The van der Waals surface area contributed by atoms with E-state index >= 15 is 0 Å². The topological polar surface area (TPSA) is 86.3 Å². The average Bonchev–Trinajstić information content (AvgIpc) is 2.39. The molecule has 0 aliphatic carbocycles. The second-order valence-corrected chi connectivity index (χ2v) is 4.57. The zero-order valence-electron chi connectivity index (χ0n) is 10.9. The summed E-state index contributed by atoms with van der Waals surface area (Å²) in [5.74, 6) is -0.269. The summed E-state index contributed by atoms with van der Waals surface area (Å²) in [7, 11) is 1.50. The van der Waals surface area contributed by atoms with E-state index in [2.05, 4.69) is 5.32 Å². The zero-order valence-corrected chi connectivity index (χ0v) is 11.7. The van der Waals surface area contributed by atoms with E-state index in [1.807, 2.05) is 6.92 Å². The van der Waals surface area contributed by atoms with Gasteiger partial charge >= 0.3 is 0 Å². The van der Waals surface area contributed by atoms with Crippen molar-refractivity contribution >= 4 is 23.1 Å². The maximum absolute atomic E-state index is 12.1. The number of nitrogens with two attached hydrogens (primary N) is 1. The van der Waals surface area contributed by atoms with Gasteiger partial charge in [-0.1, -0.05) is 19.1 Å². The van der Waals surface area contributed by atoms with E-state index in [-0.39, 0.29) is 29.7 Å². The fraction of sp³-hybridized carbons (Fsp3) is 0.417. The Balaban J connectivity index is 2.83. The molecule has 1 heterocycles. The number of carbonyl (C=O) groups excluding carboxylic acids is 1. The minimum atomic E-state index is -0.311. The summed E-state index contributed by atoms with van der Waals surface area (Å²) >= 11 is 4.87. The van der Waals surface area contributed by atoms with Gasteiger partial charge in [0.25, 0.3) is 11.5 Å². The van der Waals surface area contributed by atoms with E-state index in [1.54, 1.807) is 12.3 Å². The van der Waals surface area contributed by atoms with Gasteiger partial charge in [-0.15, -0.1) is 0 Å². The molecule has 1 amide bonds. The van der Waals surface area contributed by atoms with Crippen LogP contribution < -0.4 is 21.3 Å². The molecule has 0 fully saturated rings. The molecule has 7 heteroatoms. The molecule has 3 N–H and O–H groups in total. The number of aromatic nitrogens is 1. The van der Waals surface area contributed by atoms with E-state index < -0.39 is 0 Å². The third kappa shape index (κ3) is 4.36. The monoisotopic (exact) mass is 283 g/mol. The van der Waals surface area contributed by atoms with Crippen molar-refractivity contribution in [3.05, 3.63) is 28.7 Å². The van der Waals surface area contributed by atoms with Gasteiger partial charge in [0, 0.05) is 25.7 Å². The molecule has 0 spiro atoms. The number of thiocarbonyl (C=S) groups is 1. The molecule has 0 saturated heterocycles. The van der Waals surface area contributed by atoms with Crippen LogP contribution >= 0.6 is 12.2 Å². The number of pyridine rings is 1. The number of carbonyl (C=O) groups is 1. The lowest BCUT2D eigenvalue weighted by Crippen LogP contribution is -2.31. The van der Waals surface area contributed by atoms with E-state index in [1.165, 1.54) is 17.7 Å². The summed E-state index contributed by atoms with van der Waals surface area (Å²) in [6.07, 6.45) is 1.63. The van der Waals surface area contributed by atoms with Gasteiger partial charge < -0.3 is 20.4 Å². The molecular weight excluding hydrogens is 266 g/mol. The van der Waals surface area contributed by atoms with Crippen LogP contribution in [-0.4, -0.2) is 29.1 Å². The Hall–Kier alpha value is -1.89. The smallest absolute Gasteiger partial charge is 0.292 e. The normalized spacial score (nSPS) is 11.7. The number of nitrogens with zero attached hydrogens (tertiary/aromatic N) is 1. The fourth-order valence-corrected chi connectivity index (χ4v) is 1.44. The van der Waals surface area contributed by atoms with Gasteiger partial charge in [-0.2, -0.15) is 0 Å². The summed E-state index contributed by atoms with van der Waals surface area (Å²) in [5, 5.41) is 2.41. The molecule has 1 aromatic rings. The minimum Gasteiger partial charge on any atom is -0.478 e. The Labute approximate surface area is 116 Å². The average molecular weight is 283 g/mol. The van der Waals surface area contributed by atoms with Crippen LogP contribution in [0, 0.1) is 5.92 Å². The SMILES string of the molecule is CNC(=O)COc1cccn(CC(C)C(N)=S)c1=O. The van der Waals surface area contributed by atoms with E-state index in [4.69, 9.17) is 22.7 Å². The molecule has 0 saturated carbocycles. The number of ether oxygens (including phenoxy) is 1. The molecular formula is C12H17N3O3S. The molecule has 1 atom stereocenters. The molecule has 1 unspecified atom stereocenters. The second-order valence-electron chi connectivity index (χ2n) is 4.10. The van der Waals surface area contributed by atoms with Crippen LogP contribution in [0.15, 0.2) is 23.1 Å². The summed E-state index contributed by atoms with van der Waals surface area (Å²) < 4.78 is 6.62. The molecule has 0 aliphatic rings. The lowest BCUT2D eigenvalue weighted by Gasteiger charge is -2.13. The van der Waals surface area contributed by atoms with Crippen molar-refractivity contribution in [2.45, 2.75) is 13.5 Å². The van der Waals surface area contributed by atoms with Gasteiger partial charge in [-0.25, -0.2) is 0 Å². The van der Waals surface area contributed by atoms with E-state index in [9.17, 15) is 9.59 Å². The van der Waals surface area contributed by atoms with E-state index in [0.29, 0.717) is 11.5 Å². The highest BCUT2D eigenvalue weighted by molar-refractivity contribution is 7.80. The van der Waals surface area contributed by atoms with Crippen molar-refractivity contribution in [3.8, 4) is 5.75 Å². The highest BCUT2D eigenvalue weighted by Crippen LogP contribution is 2.04. The van der Waals surface area contributed by atoms with Crippen molar-refractivity contribution < 1.29 is 9.53 Å². The lowest BCUT2D eigenvalue weighted by atomic mass is 10.2. The van der Waals surface area contributed by atoms with Crippen LogP contribution in [0.25, 0.3) is 0 Å². The molecule has 6 nitrogen and oxygen atoms in total. The van der Waals surface area contributed by atoms with Gasteiger partial charge in [-0.3, -0.25) is 9.59 Å². The Morgan fingerprint density at radius 2 is 2.32 bits per heavy atom. The molecule has 19 heavy (non-hydrogen) atoms. The van der Waals surface area contributed by atoms with E-state index in [0.717, 1.165) is 0 Å². The third-order valence-electron chi connectivity index (χ3n) is 2.58. The number of hydrogen-bond acceptors (Lipinski definition) is 4. The number of likely N-dealkylation sites (N-methyl/N-ethyl adjacent to an activating group) is 1. The molecule has 1 rings (SSSR count). The number of rotatable bonds is 6. The minimum absolute atomic E-state index is 0.0955. The van der Waals surface area contributed by atoms with Crippen LogP contribution in [0.3, 0.4) is 0 Å². The first kappa shape index (κ1) is 15.2. The quantitative estimate of drug-likeness (QED) is 0.712. The third-order valence-corrected chi connectivity index (χ3v) is 2.98. The first-order chi connectivity index (χ1) is 8.95. The van der Waals surface area contributed by atoms with Crippen LogP contribution in [-0.2, 0) is 11.3 Å². The number of nitrogens with one attached hydrogen (secondary N) is 1. The van der Waals surface area contributed by atoms with Crippen LogP contribution in [0.1, 0.15) is 6.92 Å². The van der Waals surface area contributed by atoms with Gasteiger partial charge in [0.05, 0.1) is 4.99 Å². The lowest BCUT2D eigenvalue weighted by molar-refractivity contribution is -0.122. The van der Waals surface area contributed by atoms with Crippen molar-refractivity contribution in [2.75, 3.05) is 13.7 Å². The zero-order chi connectivity index (χ0) is 14.4. The number of hydrogen-bond donors (Lipinski definition) is 2. The van der Waals surface area contributed by atoms with Crippen LogP contribution in [0.2, 0.25) is 0 Å². The molecule has 104 valence electrons. The Morgan fingerprint density at radius 1 is 1.63 bits per heavy atom. The van der Waals surface area contributed by atoms with Crippen molar-refractivity contribution in [1.82, 2.24) is 9.88 Å². The summed E-state index contributed by atoms with van der Waals surface area (Å²) in [6, 6.07) is 3.19. The summed E-state index contributed by atoms with van der Waals surface area (Å²) in [6.45, 7) is 2.03. The second kappa shape index (κ2) is 6.89. The Kier molecular flexibility index (Phi) is 5.50. The van der Waals surface area contributed by atoms with Gasteiger partial charge in [0.2, 0.25) is 0 Å². The molecule has 0 aromatic carbocycles. The summed E-state index contributed by atoms with van der Waals surface area (Å²) in [5.41, 5.74) is 5.21. The highest BCUT2D eigenvalue weighted by atomic mass is 32.1. The van der Waals surface area contributed by atoms with Crippen molar-refractivity contribution in [2.24, 2.45) is 11.7 Å². The largest absolute Gasteiger partial charge is 0.478 e. The summed E-state index contributed by atoms with van der Waals surface area (Å²) in [4.78, 5) is 23.5. The van der Waals surface area contributed by atoms with Gasteiger partial charge in [0.1, 0.15) is 0 Å². The standard InChI is InChI=1S/C12H17N3O3S/c1-8(11(13)19)6-15-5-3-4-9(12(15)17)18-7-10(16)14-2/h3-5,8H,6-7H2,1-2H3,(H2,13,19)(H,14,16). The fourth-order valence-electron chi connectivity index (χ4n) is 1.37. The maximum atomic E-state index is 12.1. The Bertz CT molecular complexity index is 527. The first-order valence-corrected chi connectivity index (χ1v) is 6.18. The first-order valence-electron chi connectivity index (χ1n) is 5.78. The van der Waals surface area contributed by atoms with Gasteiger partial charge in [0.15, 0.2) is 12.4 Å². The Morgan fingerprint density at radius 3 is 2.89 bits per heavy atom.